The van der Waals surface area contributed by atoms with Crippen LogP contribution in [-0.2, 0) is 9.53 Å². The molecule has 4 heteroatoms. The molecule has 176 valence electrons. The SMILES string of the molecule is CCOC(=O)C(C)(C)CCCCC(c1ccccc1)c1c(C)c(OC)c(C)c(C)c1OC. The van der Waals surface area contributed by atoms with Crippen LogP contribution < -0.4 is 9.47 Å². The van der Waals surface area contributed by atoms with Gasteiger partial charge in [-0.1, -0.05) is 43.2 Å². The summed E-state index contributed by atoms with van der Waals surface area (Å²) in [5.41, 5.74) is 5.37. The summed E-state index contributed by atoms with van der Waals surface area (Å²) in [4.78, 5) is 12.3. The van der Waals surface area contributed by atoms with Gasteiger partial charge in [-0.25, -0.2) is 0 Å². The molecule has 2 aromatic rings. The normalized spacial score (nSPS) is 12.4. The van der Waals surface area contributed by atoms with Crippen molar-refractivity contribution in [1.29, 1.82) is 0 Å². The van der Waals surface area contributed by atoms with Crippen LogP contribution in [0.25, 0.3) is 0 Å². The molecule has 0 aliphatic carbocycles. The van der Waals surface area contributed by atoms with E-state index in [2.05, 4.69) is 45.0 Å². The van der Waals surface area contributed by atoms with Gasteiger partial charge in [-0.15, -0.1) is 0 Å². The van der Waals surface area contributed by atoms with E-state index < -0.39 is 5.41 Å². The first kappa shape index (κ1) is 25.8. The summed E-state index contributed by atoms with van der Waals surface area (Å²) < 4.78 is 17.0. The second-order valence-corrected chi connectivity index (χ2v) is 9.17. The zero-order valence-electron chi connectivity index (χ0n) is 21.1. The van der Waals surface area contributed by atoms with Gasteiger partial charge in [0.1, 0.15) is 11.5 Å². The smallest absolute Gasteiger partial charge is 0.311 e. The highest BCUT2D eigenvalue weighted by Crippen LogP contribution is 2.45. The van der Waals surface area contributed by atoms with Crippen molar-refractivity contribution in [3.05, 3.63) is 58.1 Å². The molecule has 1 atom stereocenters. The Kier molecular flexibility index (Phi) is 9.18. The third-order valence-corrected chi connectivity index (χ3v) is 6.56. The predicted octanol–water partition coefficient (Wildman–Crippen LogP) is 6.91. The zero-order chi connectivity index (χ0) is 23.9. The lowest BCUT2D eigenvalue weighted by Crippen LogP contribution is -2.26. The minimum absolute atomic E-state index is 0.115. The first-order chi connectivity index (χ1) is 15.2. The van der Waals surface area contributed by atoms with E-state index in [0.717, 1.165) is 53.9 Å². The second-order valence-electron chi connectivity index (χ2n) is 9.17. The van der Waals surface area contributed by atoms with Crippen molar-refractivity contribution in [3.63, 3.8) is 0 Å². The molecular weight excluding hydrogens is 400 g/mol. The van der Waals surface area contributed by atoms with Crippen molar-refractivity contribution in [2.75, 3.05) is 20.8 Å². The number of ether oxygens (including phenoxy) is 3. The molecule has 0 radical (unpaired) electrons. The quantitative estimate of drug-likeness (QED) is 0.281. The van der Waals surface area contributed by atoms with Crippen LogP contribution in [0.4, 0.5) is 0 Å². The number of rotatable bonds is 11. The van der Waals surface area contributed by atoms with Crippen molar-refractivity contribution in [1.82, 2.24) is 0 Å². The Morgan fingerprint density at radius 1 is 0.906 bits per heavy atom. The molecule has 0 N–H and O–H groups in total. The fraction of sp³-hybridized carbons (Fsp3) is 0.536. The second kappa shape index (κ2) is 11.4. The average molecular weight is 441 g/mol. The standard InChI is InChI=1S/C28H40O4/c1-9-32-27(29)28(5,6)18-14-13-17-23(22-15-11-10-12-16-22)24-21(4)25(30-7)19(2)20(3)26(24)31-8/h10-12,15-16,23H,9,13-14,17-18H2,1-8H3. The number of hydrogen-bond acceptors (Lipinski definition) is 4. The van der Waals surface area contributed by atoms with Crippen LogP contribution in [0.15, 0.2) is 30.3 Å². The van der Waals surface area contributed by atoms with Gasteiger partial charge in [-0.3, -0.25) is 4.79 Å². The maximum absolute atomic E-state index is 12.3. The monoisotopic (exact) mass is 440 g/mol. The number of esters is 1. The minimum atomic E-state index is -0.463. The van der Waals surface area contributed by atoms with E-state index in [0.29, 0.717) is 6.61 Å². The van der Waals surface area contributed by atoms with Gasteiger partial charge in [0.15, 0.2) is 0 Å². The summed E-state index contributed by atoms with van der Waals surface area (Å²) in [6.07, 6.45) is 3.73. The Morgan fingerprint density at radius 2 is 1.50 bits per heavy atom. The summed E-state index contributed by atoms with van der Waals surface area (Å²) in [6.45, 7) is 12.5. The van der Waals surface area contributed by atoms with Crippen LogP contribution in [0.1, 0.15) is 80.2 Å². The highest BCUT2D eigenvalue weighted by atomic mass is 16.5. The van der Waals surface area contributed by atoms with E-state index in [9.17, 15) is 4.79 Å². The molecule has 32 heavy (non-hydrogen) atoms. The van der Waals surface area contributed by atoms with Gasteiger partial charge >= 0.3 is 5.97 Å². The van der Waals surface area contributed by atoms with Crippen LogP contribution in [0.3, 0.4) is 0 Å². The minimum Gasteiger partial charge on any atom is -0.496 e. The Bertz CT molecular complexity index is 900. The maximum atomic E-state index is 12.3. The third kappa shape index (κ3) is 5.65. The van der Waals surface area contributed by atoms with E-state index in [4.69, 9.17) is 14.2 Å². The summed E-state index contributed by atoms with van der Waals surface area (Å²) >= 11 is 0. The molecule has 0 amide bonds. The molecule has 0 saturated heterocycles. The number of carbonyl (C=O) groups is 1. The number of benzene rings is 2. The Morgan fingerprint density at radius 3 is 2.06 bits per heavy atom. The molecule has 0 fully saturated rings. The fourth-order valence-corrected chi connectivity index (χ4v) is 4.61. The third-order valence-electron chi connectivity index (χ3n) is 6.56. The van der Waals surface area contributed by atoms with Gasteiger partial charge in [0, 0.05) is 11.5 Å². The Hall–Kier alpha value is -2.49. The Balaban J connectivity index is 2.37. The molecule has 0 aliphatic heterocycles. The van der Waals surface area contributed by atoms with E-state index in [-0.39, 0.29) is 11.9 Å². The number of carbonyl (C=O) groups excluding carboxylic acids is 1. The van der Waals surface area contributed by atoms with Gasteiger partial charge in [-0.05, 0) is 76.6 Å². The highest BCUT2D eigenvalue weighted by Gasteiger charge is 2.29. The summed E-state index contributed by atoms with van der Waals surface area (Å²) in [5, 5.41) is 0. The van der Waals surface area contributed by atoms with E-state index in [1.807, 2.05) is 26.8 Å². The zero-order valence-corrected chi connectivity index (χ0v) is 21.1. The lowest BCUT2D eigenvalue weighted by Gasteiger charge is -2.27. The van der Waals surface area contributed by atoms with Gasteiger partial charge in [0.05, 0.1) is 26.2 Å². The van der Waals surface area contributed by atoms with Crippen LogP contribution in [0.5, 0.6) is 11.5 Å². The van der Waals surface area contributed by atoms with Gasteiger partial charge in [0.2, 0.25) is 0 Å². The highest BCUT2D eigenvalue weighted by molar-refractivity contribution is 5.75. The maximum Gasteiger partial charge on any atom is 0.311 e. The molecule has 0 aromatic heterocycles. The molecular formula is C28H40O4. The van der Waals surface area contributed by atoms with Crippen LogP contribution in [0.2, 0.25) is 0 Å². The molecule has 2 rings (SSSR count). The van der Waals surface area contributed by atoms with Crippen molar-refractivity contribution in [2.45, 2.75) is 73.1 Å². The van der Waals surface area contributed by atoms with E-state index >= 15 is 0 Å². The van der Waals surface area contributed by atoms with Crippen molar-refractivity contribution < 1.29 is 19.0 Å². The van der Waals surface area contributed by atoms with Crippen molar-refractivity contribution in [3.8, 4) is 11.5 Å². The molecule has 0 bridgehead atoms. The summed E-state index contributed by atoms with van der Waals surface area (Å²) in [6, 6.07) is 10.6. The Labute approximate surface area is 194 Å². The van der Waals surface area contributed by atoms with Crippen molar-refractivity contribution in [2.24, 2.45) is 5.41 Å². The molecule has 0 saturated carbocycles. The van der Waals surface area contributed by atoms with Gasteiger partial charge in [0.25, 0.3) is 0 Å². The van der Waals surface area contributed by atoms with Crippen LogP contribution in [0, 0.1) is 26.2 Å². The summed E-state index contributed by atoms with van der Waals surface area (Å²) in [5.74, 6) is 1.95. The molecule has 1 unspecified atom stereocenters. The number of hydrogen-bond donors (Lipinski definition) is 0. The predicted molar refractivity (Wildman–Crippen MR) is 131 cm³/mol. The van der Waals surface area contributed by atoms with Crippen molar-refractivity contribution >= 4 is 5.97 Å². The topological polar surface area (TPSA) is 44.8 Å². The first-order valence-electron chi connectivity index (χ1n) is 11.6. The van der Waals surface area contributed by atoms with E-state index in [1.165, 1.54) is 11.1 Å². The molecule has 4 nitrogen and oxygen atoms in total. The molecule has 0 spiro atoms. The van der Waals surface area contributed by atoms with Gasteiger partial charge < -0.3 is 14.2 Å². The van der Waals surface area contributed by atoms with E-state index in [1.54, 1.807) is 14.2 Å². The van der Waals surface area contributed by atoms with Crippen LogP contribution >= 0.6 is 0 Å². The lowest BCUT2D eigenvalue weighted by molar-refractivity contribution is -0.153. The number of methoxy groups -OCH3 is 2. The van der Waals surface area contributed by atoms with Crippen LogP contribution in [-0.4, -0.2) is 26.8 Å². The number of unbranched alkanes of at least 4 members (excludes halogenated alkanes) is 1. The molecule has 0 heterocycles. The molecule has 0 aliphatic rings. The lowest BCUT2D eigenvalue weighted by atomic mass is 9.80. The average Bonchev–Trinajstić information content (AvgIpc) is 2.78. The summed E-state index contributed by atoms with van der Waals surface area (Å²) in [7, 11) is 3.49. The first-order valence-corrected chi connectivity index (χ1v) is 11.6. The fourth-order valence-electron chi connectivity index (χ4n) is 4.61. The molecule has 2 aromatic carbocycles. The van der Waals surface area contributed by atoms with Gasteiger partial charge in [-0.2, -0.15) is 0 Å². The largest absolute Gasteiger partial charge is 0.496 e.